The van der Waals surface area contributed by atoms with Gasteiger partial charge < -0.3 is 9.13 Å². The second kappa shape index (κ2) is 9.79. The van der Waals surface area contributed by atoms with E-state index in [0.29, 0.717) is 0 Å². The van der Waals surface area contributed by atoms with Crippen molar-refractivity contribution >= 4 is 43.6 Å². The van der Waals surface area contributed by atoms with Crippen LogP contribution in [0.15, 0.2) is 158 Å². The third-order valence-corrected chi connectivity index (χ3v) is 8.69. The van der Waals surface area contributed by atoms with Crippen molar-refractivity contribution in [1.82, 2.24) is 19.1 Å². The fraction of sp³-hybridized carbons (Fsp3) is 0. The molecule has 0 unspecified atom stereocenters. The summed E-state index contributed by atoms with van der Waals surface area (Å²) in [6, 6.07) is 51.9. The molecular formula is C40H26N4. The number of rotatable bonds is 4. The normalized spacial score (nSPS) is 11.6. The lowest BCUT2D eigenvalue weighted by Gasteiger charge is -2.12. The van der Waals surface area contributed by atoms with Gasteiger partial charge in [-0.1, -0.05) is 97.1 Å². The molecule has 0 aliphatic heterocycles. The van der Waals surface area contributed by atoms with Crippen molar-refractivity contribution in [2.75, 3.05) is 0 Å². The number of nitrogens with zero attached hydrogens (tertiary/aromatic N) is 4. The quantitative estimate of drug-likeness (QED) is 0.214. The van der Waals surface area contributed by atoms with Gasteiger partial charge >= 0.3 is 0 Å². The van der Waals surface area contributed by atoms with E-state index in [2.05, 4.69) is 146 Å². The van der Waals surface area contributed by atoms with Crippen LogP contribution in [0.2, 0.25) is 0 Å². The summed E-state index contributed by atoms with van der Waals surface area (Å²) in [5, 5.41) is 5.00. The summed E-state index contributed by atoms with van der Waals surface area (Å²) in [4.78, 5) is 8.99. The highest BCUT2D eigenvalue weighted by Crippen LogP contribution is 2.37. The number of fused-ring (bicyclic) bond motifs is 6. The van der Waals surface area contributed by atoms with Crippen LogP contribution < -0.4 is 0 Å². The topological polar surface area (TPSA) is 35.6 Å². The third-order valence-electron chi connectivity index (χ3n) is 8.69. The monoisotopic (exact) mass is 562 g/mol. The van der Waals surface area contributed by atoms with E-state index < -0.39 is 0 Å². The lowest BCUT2D eigenvalue weighted by atomic mass is 10.0. The Morgan fingerprint density at radius 2 is 0.932 bits per heavy atom. The van der Waals surface area contributed by atoms with Gasteiger partial charge in [0.1, 0.15) is 6.33 Å². The first kappa shape index (κ1) is 24.6. The molecule has 0 aliphatic carbocycles. The number of aromatic nitrogens is 4. The van der Waals surface area contributed by atoms with Crippen molar-refractivity contribution in [3.63, 3.8) is 0 Å². The molecule has 6 aromatic carbocycles. The predicted molar refractivity (Wildman–Crippen MR) is 182 cm³/mol. The van der Waals surface area contributed by atoms with Gasteiger partial charge in [0.2, 0.25) is 0 Å². The van der Waals surface area contributed by atoms with Crippen LogP contribution in [0.5, 0.6) is 0 Å². The Bertz CT molecular complexity index is 2430. The summed E-state index contributed by atoms with van der Waals surface area (Å²) in [7, 11) is 0. The first-order chi connectivity index (χ1) is 21.8. The van der Waals surface area contributed by atoms with E-state index in [1.165, 1.54) is 43.6 Å². The van der Waals surface area contributed by atoms with E-state index in [1.54, 1.807) is 6.33 Å². The molecule has 9 aromatic rings. The Morgan fingerprint density at radius 1 is 0.409 bits per heavy atom. The first-order valence-electron chi connectivity index (χ1n) is 14.8. The van der Waals surface area contributed by atoms with E-state index in [-0.39, 0.29) is 0 Å². The molecule has 0 atom stereocenters. The Morgan fingerprint density at radius 3 is 1.59 bits per heavy atom. The highest BCUT2D eigenvalue weighted by Gasteiger charge is 2.16. The van der Waals surface area contributed by atoms with Gasteiger partial charge in [-0.05, 0) is 54.1 Å². The molecule has 0 aliphatic rings. The summed E-state index contributed by atoms with van der Waals surface area (Å²) in [6.45, 7) is 0. The van der Waals surface area contributed by atoms with Gasteiger partial charge in [0, 0.05) is 50.2 Å². The van der Waals surface area contributed by atoms with E-state index in [0.717, 1.165) is 33.8 Å². The van der Waals surface area contributed by atoms with E-state index in [1.807, 2.05) is 24.4 Å². The minimum atomic E-state index is 0.927. The van der Waals surface area contributed by atoms with Gasteiger partial charge in [-0.2, -0.15) is 0 Å². The van der Waals surface area contributed by atoms with Gasteiger partial charge in [0.15, 0.2) is 0 Å². The smallest absolute Gasteiger partial charge is 0.116 e. The molecule has 3 heterocycles. The van der Waals surface area contributed by atoms with Crippen LogP contribution in [0.4, 0.5) is 0 Å². The summed E-state index contributed by atoms with van der Waals surface area (Å²) in [5.41, 5.74) is 11.2. The van der Waals surface area contributed by atoms with Gasteiger partial charge in [0.25, 0.3) is 0 Å². The molecule has 4 nitrogen and oxygen atoms in total. The molecule has 0 fully saturated rings. The number of hydrogen-bond acceptors (Lipinski definition) is 2. The maximum absolute atomic E-state index is 4.67. The lowest BCUT2D eigenvalue weighted by Crippen LogP contribution is -1.96. The van der Waals surface area contributed by atoms with Crippen LogP contribution in [0.1, 0.15) is 0 Å². The van der Waals surface area contributed by atoms with Crippen LogP contribution in [-0.4, -0.2) is 19.1 Å². The average Bonchev–Trinajstić information content (AvgIpc) is 3.61. The molecule has 9 rings (SSSR count). The Labute approximate surface area is 254 Å². The Kier molecular flexibility index (Phi) is 5.47. The fourth-order valence-electron chi connectivity index (χ4n) is 6.74. The van der Waals surface area contributed by atoms with Crippen molar-refractivity contribution in [2.45, 2.75) is 0 Å². The van der Waals surface area contributed by atoms with Gasteiger partial charge in [0.05, 0.1) is 27.8 Å². The second-order valence-electron chi connectivity index (χ2n) is 11.1. The van der Waals surface area contributed by atoms with Crippen LogP contribution >= 0.6 is 0 Å². The molecule has 0 N–H and O–H groups in total. The molecule has 0 saturated carbocycles. The summed E-state index contributed by atoms with van der Waals surface area (Å²) < 4.78 is 4.75. The van der Waals surface area contributed by atoms with Crippen molar-refractivity contribution in [3.05, 3.63) is 158 Å². The van der Waals surface area contributed by atoms with Gasteiger partial charge in [-0.3, -0.25) is 0 Å². The maximum atomic E-state index is 4.67. The van der Waals surface area contributed by atoms with E-state index >= 15 is 0 Å². The van der Waals surface area contributed by atoms with Crippen LogP contribution in [0.3, 0.4) is 0 Å². The van der Waals surface area contributed by atoms with Crippen LogP contribution in [-0.2, 0) is 0 Å². The molecule has 0 saturated heterocycles. The zero-order valence-corrected chi connectivity index (χ0v) is 23.8. The zero-order valence-electron chi connectivity index (χ0n) is 23.8. The Balaban J connectivity index is 1.21. The third kappa shape index (κ3) is 3.71. The number of para-hydroxylation sites is 3. The molecule has 0 bridgehead atoms. The van der Waals surface area contributed by atoms with Crippen molar-refractivity contribution in [1.29, 1.82) is 0 Å². The minimum absolute atomic E-state index is 0.927. The highest BCUT2D eigenvalue weighted by atomic mass is 15.0. The molecule has 206 valence electrons. The van der Waals surface area contributed by atoms with E-state index in [4.69, 9.17) is 0 Å². The molecule has 3 aromatic heterocycles. The van der Waals surface area contributed by atoms with Crippen LogP contribution in [0, 0.1) is 0 Å². The van der Waals surface area contributed by atoms with Crippen molar-refractivity contribution < 1.29 is 0 Å². The van der Waals surface area contributed by atoms with Crippen LogP contribution in [0.25, 0.3) is 77.4 Å². The molecule has 0 spiro atoms. The molecular weight excluding hydrogens is 536 g/mol. The lowest BCUT2D eigenvalue weighted by molar-refractivity contribution is 1.16. The minimum Gasteiger partial charge on any atom is -0.309 e. The van der Waals surface area contributed by atoms with E-state index in [9.17, 15) is 0 Å². The molecule has 44 heavy (non-hydrogen) atoms. The largest absolute Gasteiger partial charge is 0.309 e. The fourth-order valence-corrected chi connectivity index (χ4v) is 6.74. The predicted octanol–water partition coefficient (Wildman–Crippen LogP) is 10.0. The van der Waals surface area contributed by atoms with Gasteiger partial charge in [-0.25, -0.2) is 9.97 Å². The zero-order chi connectivity index (χ0) is 29.0. The summed E-state index contributed by atoms with van der Waals surface area (Å²) >= 11 is 0. The van der Waals surface area contributed by atoms with Crippen molar-refractivity contribution in [2.24, 2.45) is 0 Å². The molecule has 0 radical (unpaired) electrons. The summed E-state index contributed by atoms with van der Waals surface area (Å²) in [5.74, 6) is 0. The maximum Gasteiger partial charge on any atom is 0.116 e. The summed E-state index contributed by atoms with van der Waals surface area (Å²) in [6.07, 6.45) is 3.52. The van der Waals surface area contributed by atoms with Crippen molar-refractivity contribution in [3.8, 4) is 33.8 Å². The first-order valence-corrected chi connectivity index (χ1v) is 14.8. The SMILES string of the molecule is c1ccc(-c2cncnc2-c2ccc(-n3c4ccccc4c4cc(-n5c6ccccc6c6ccccc65)ccc43)cc2)cc1. The number of benzene rings is 6. The highest BCUT2D eigenvalue weighted by molar-refractivity contribution is 6.12. The second-order valence-corrected chi connectivity index (χ2v) is 11.1. The Hall–Kier alpha value is -6.00. The van der Waals surface area contributed by atoms with Gasteiger partial charge in [-0.15, -0.1) is 0 Å². The standard InChI is InChI=1S/C40H26N4/c1-2-10-27(11-3-1)35-25-41-26-42-40(35)28-18-20-29(21-19-28)43-38-17-9-6-14-33(38)34-24-30(22-23-39(34)43)44-36-15-7-4-12-31(36)32-13-5-8-16-37(32)44/h1-26H. The average molecular weight is 563 g/mol. The number of hydrogen-bond donors (Lipinski definition) is 0. The molecule has 0 amide bonds. The molecule has 4 heteroatoms.